The lowest BCUT2D eigenvalue weighted by Gasteiger charge is -2.39. The highest BCUT2D eigenvalue weighted by Crippen LogP contribution is 2.46. The number of aryl methyl sites for hydroxylation is 2. The number of phenolic OH excluding ortho intramolecular Hbond substituents is 1. The van der Waals surface area contributed by atoms with Gasteiger partial charge in [-0.05, 0) is 50.1 Å². The fourth-order valence-electron chi connectivity index (χ4n) is 5.19. The third-order valence-electron chi connectivity index (χ3n) is 6.86. The number of phenols is 1. The van der Waals surface area contributed by atoms with Crippen molar-refractivity contribution >= 4 is 10.9 Å². The number of hydrogen-bond acceptors (Lipinski definition) is 5. The molecule has 0 radical (unpaired) electrons. The highest BCUT2D eigenvalue weighted by atomic mass is 16.5. The van der Waals surface area contributed by atoms with Gasteiger partial charge >= 0.3 is 5.69 Å². The van der Waals surface area contributed by atoms with E-state index in [2.05, 4.69) is 18.4 Å². The molecule has 1 atom stereocenters. The predicted molar refractivity (Wildman–Crippen MR) is 134 cm³/mol. The van der Waals surface area contributed by atoms with E-state index in [1.54, 1.807) is 19.2 Å². The molecule has 182 valence electrons. The van der Waals surface area contributed by atoms with E-state index in [4.69, 9.17) is 9.47 Å². The zero-order valence-electron chi connectivity index (χ0n) is 20.7. The number of fused-ring (bicyclic) bond motifs is 3. The zero-order valence-corrected chi connectivity index (χ0v) is 20.7. The molecule has 1 aliphatic rings. The van der Waals surface area contributed by atoms with Gasteiger partial charge < -0.3 is 19.1 Å². The second-order valence-electron chi connectivity index (χ2n) is 9.80. The first-order valence-electron chi connectivity index (χ1n) is 11.5. The van der Waals surface area contributed by atoms with E-state index in [-0.39, 0.29) is 11.3 Å². The lowest BCUT2D eigenvalue weighted by molar-refractivity contribution is -0.00716. The summed E-state index contributed by atoms with van der Waals surface area (Å²) in [6.07, 6.45) is -0.612. The van der Waals surface area contributed by atoms with Crippen LogP contribution in [0.5, 0.6) is 11.5 Å². The fraction of sp³-hybridized carbons (Fsp3) is 0.333. The molecule has 0 bridgehead atoms. The maximum Gasteiger partial charge on any atom is 0.331 e. The van der Waals surface area contributed by atoms with Crippen LogP contribution in [0.2, 0.25) is 0 Å². The summed E-state index contributed by atoms with van der Waals surface area (Å²) in [5, 5.41) is 11.0. The van der Waals surface area contributed by atoms with E-state index in [0.29, 0.717) is 34.5 Å². The average Bonchev–Trinajstić information content (AvgIpc) is 3.19. The van der Waals surface area contributed by atoms with Crippen molar-refractivity contribution in [1.29, 1.82) is 0 Å². The van der Waals surface area contributed by atoms with Gasteiger partial charge in [-0.3, -0.25) is 13.9 Å². The second kappa shape index (κ2) is 7.88. The van der Waals surface area contributed by atoms with E-state index in [1.807, 2.05) is 37.3 Å². The summed E-state index contributed by atoms with van der Waals surface area (Å²) in [6.45, 7) is 6.49. The molecular weight excluding hydrogens is 446 g/mol. The van der Waals surface area contributed by atoms with Crippen molar-refractivity contribution in [3.63, 3.8) is 0 Å². The third kappa shape index (κ3) is 3.31. The number of aromatic nitrogens is 3. The number of nitrogens with zero attached hydrogens (tertiary/aromatic N) is 3. The Balaban J connectivity index is 1.98. The average molecular weight is 476 g/mol. The van der Waals surface area contributed by atoms with Gasteiger partial charge in [-0.25, -0.2) is 4.79 Å². The van der Waals surface area contributed by atoms with Crippen LogP contribution in [0.25, 0.3) is 22.2 Å². The minimum absolute atomic E-state index is 0.00967. The van der Waals surface area contributed by atoms with Crippen LogP contribution in [0.1, 0.15) is 36.8 Å². The Kier molecular flexibility index (Phi) is 5.18. The Morgan fingerprint density at radius 3 is 2.49 bits per heavy atom. The van der Waals surface area contributed by atoms with Gasteiger partial charge in [0.2, 0.25) is 0 Å². The predicted octanol–water partition coefficient (Wildman–Crippen LogP) is 3.58. The van der Waals surface area contributed by atoms with Crippen LogP contribution in [-0.4, -0.2) is 32.5 Å². The highest BCUT2D eigenvalue weighted by Gasteiger charge is 2.40. The van der Waals surface area contributed by atoms with Crippen LogP contribution in [0.4, 0.5) is 0 Å². The number of ether oxygens (including phenoxy) is 2. The zero-order chi connectivity index (χ0) is 25.2. The molecular formula is C27H29N3O5. The van der Waals surface area contributed by atoms with E-state index < -0.39 is 17.3 Å². The summed E-state index contributed by atoms with van der Waals surface area (Å²) in [4.78, 5) is 26.7. The molecule has 1 aliphatic heterocycles. The third-order valence-corrected chi connectivity index (χ3v) is 6.86. The highest BCUT2D eigenvalue weighted by molar-refractivity contribution is 5.97. The largest absolute Gasteiger partial charge is 0.504 e. The molecule has 0 amide bonds. The normalized spacial score (nSPS) is 16.9. The Labute approximate surface area is 202 Å². The summed E-state index contributed by atoms with van der Waals surface area (Å²) in [7, 11) is 4.67. The first kappa shape index (κ1) is 23.0. The van der Waals surface area contributed by atoms with Crippen LogP contribution in [0.15, 0.2) is 52.1 Å². The molecule has 0 unspecified atom stereocenters. The Morgan fingerprint density at radius 1 is 1.09 bits per heavy atom. The molecule has 8 nitrogen and oxygen atoms in total. The first-order chi connectivity index (χ1) is 16.6. The molecule has 8 heteroatoms. The molecule has 2 aromatic heterocycles. The molecule has 0 saturated heterocycles. The van der Waals surface area contributed by atoms with Crippen molar-refractivity contribution in [2.45, 2.75) is 32.4 Å². The molecule has 2 aromatic carbocycles. The topological polar surface area (TPSA) is 87.6 Å². The van der Waals surface area contributed by atoms with Crippen LogP contribution in [0.3, 0.4) is 0 Å². The van der Waals surface area contributed by atoms with Crippen molar-refractivity contribution < 1.29 is 14.6 Å². The lowest BCUT2D eigenvalue weighted by atomic mass is 9.97. The summed E-state index contributed by atoms with van der Waals surface area (Å²) in [5.41, 5.74) is 3.36. The van der Waals surface area contributed by atoms with Gasteiger partial charge in [-0.2, -0.15) is 0 Å². The quantitative estimate of drug-likeness (QED) is 0.489. The number of methoxy groups -OCH3 is 1. The number of hydrogen-bond donors (Lipinski definition) is 1. The van der Waals surface area contributed by atoms with Crippen molar-refractivity contribution in [2.24, 2.45) is 14.1 Å². The molecule has 0 saturated carbocycles. The molecule has 4 aromatic rings. The van der Waals surface area contributed by atoms with Crippen molar-refractivity contribution in [3.05, 3.63) is 80.1 Å². The summed E-state index contributed by atoms with van der Waals surface area (Å²) >= 11 is 0. The van der Waals surface area contributed by atoms with Crippen molar-refractivity contribution in [1.82, 2.24) is 13.7 Å². The molecule has 0 aliphatic carbocycles. The molecule has 1 N–H and O–H groups in total. The molecule has 0 fully saturated rings. The van der Waals surface area contributed by atoms with Gasteiger partial charge in [0.25, 0.3) is 5.56 Å². The van der Waals surface area contributed by atoms with Crippen LogP contribution in [-0.2, 0) is 24.4 Å². The minimum atomic E-state index is -0.612. The van der Waals surface area contributed by atoms with Crippen molar-refractivity contribution in [3.8, 4) is 22.8 Å². The summed E-state index contributed by atoms with van der Waals surface area (Å²) in [5.74, 6) is 0.344. The van der Waals surface area contributed by atoms with Gasteiger partial charge in [0.05, 0.1) is 41.5 Å². The van der Waals surface area contributed by atoms with Gasteiger partial charge in [-0.15, -0.1) is 0 Å². The standard InChI is InChI=1S/C27H29N3O5/c1-15-8-7-9-16(12-15)21-20-22(28(4)26(33)29(5)25(20)32)23-24(35-14-27(2,3)30(21)23)17-10-11-19(34-6)18(31)13-17/h7-13,24,31H,14H2,1-6H3/t24-/m1/s1. The number of aromatic hydroxyl groups is 1. The van der Waals surface area contributed by atoms with Crippen LogP contribution < -0.4 is 16.0 Å². The smallest absolute Gasteiger partial charge is 0.331 e. The maximum atomic E-state index is 13.6. The van der Waals surface area contributed by atoms with Crippen LogP contribution >= 0.6 is 0 Å². The van der Waals surface area contributed by atoms with Gasteiger partial charge in [0, 0.05) is 14.1 Å². The fourth-order valence-corrected chi connectivity index (χ4v) is 5.19. The monoisotopic (exact) mass is 475 g/mol. The number of rotatable bonds is 3. The second-order valence-corrected chi connectivity index (χ2v) is 9.80. The van der Waals surface area contributed by atoms with Gasteiger partial charge in [-0.1, -0.05) is 29.8 Å². The molecule has 5 rings (SSSR count). The summed E-state index contributed by atoms with van der Waals surface area (Å²) in [6, 6.07) is 13.1. The maximum absolute atomic E-state index is 13.6. The Bertz CT molecular complexity index is 1610. The molecule has 0 spiro atoms. The number of benzene rings is 2. The summed E-state index contributed by atoms with van der Waals surface area (Å²) < 4.78 is 16.4. The van der Waals surface area contributed by atoms with E-state index in [1.165, 1.54) is 18.7 Å². The Hall–Kier alpha value is -3.78. The van der Waals surface area contributed by atoms with E-state index >= 15 is 0 Å². The van der Waals surface area contributed by atoms with Crippen LogP contribution in [0, 0.1) is 6.92 Å². The minimum Gasteiger partial charge on any atom is -0.504 e. The first-order valence-corrected chi connectivity index (χ1v) is 11.5. The van der Waals surface area contributed by atoms with E-state index in [9.17, 15) is 14.7 Å². The molecule has 3 heterocycles. The SMILES string of the molecule is COc1ccc([C@H]2OCC(C)(C)n3c(-c4cccc(C)c4)c4c(=O)n(C)c(=O)n(C)c4c32)cc1O. The van der Waals surface area contributed by atoms with Gasteiger partial charge in [0.15, 0.2) is 11.5 Å². The molecule has 35 heavy (non-hydrogen) atoms. The Morgan fingerprint density at radius 2 is 1.83 bits per heavy atom. The van der Waals surface area contributed by atoms with E-state index in [0.717, 1.165) is 21.4 Å². The van der Waals surface area contributed by atoms with Gasteiger partial charge in [0.1, 0.15) is 6.10 Å². The lowest BCUT2D eigenvalue weighted by Crippen LogP contribution is -2.40. The van der Waals surface area contributed by atoms with Crippen molar-refractivity contribution in [2.75, 3.05) is 13.7 Å².